The number of hydrogen-bond acceptors (Lipinski definition) is 6. The van der Waals surface area contributed by atoms with Crippen molar-refractivity contribution in [3.05, 3.63) is 76.1 Å². The molecule has 2 heterocycles. The minimum Gasteiger partial charge on any atom is -0.465 e. The second kappa shape index (κ2) is 8.14. The summed E-state index contributed by atoms with van der Waals surface area (Å²) in [5.74, 6) is -0.779. The number of esters is 1. The highest BCUT2D eigenvalue weighted by atomic mass is 35.5. The lowest BCUT2D eigenvalue weighted by molar-refractivity contribution is 0.0600. The molecule has 0 aliphatic heterocycles. The van der Waals surface area contributed by atoms with Crippen molar-refractivity contribution in [1.29, 1.82) is 0 Å². The molecule has 0 aliphatic rings. The van der Waals surface area contributed by atoms with E-state index in [2.05, 4.69) is 15.0 Å². The van der Waals surface area contributed by atoms with Crippen LogP contribution in [0.2, 0.25) is 5.02 Å². The van der Waals surface area contributed by atoms with Crippen LogP contribution >= 0.6 is 22.9 Å². The highest BCUT2D eigenvalue weighted by molar-refractivity contribution is 7.21. The molecule has 4 rings (SSSR count). The fourth-order valence-corrected chi connectivity index (χ4v) is 4.06. The van der Waals surface area contributed by atoms with E-state index in [-0.39, 0.29) is 5.91 Å². The van der Waals surface area contributed by atoms with E-state index < -0.39 is 5.97 Å². The second-order valence-electron chi connectivity index (χ2n) is 6.42. The Morgan fingerprint density at radius 3 is 2.40 bits per heavy atom. The lowest BCUT2D eigenvalue weighted by Crippen LogP contribution is -2.12. The zero-order chi connectivity index (χ0) is 21.3. The normalized spacial score (nSPS) is 10.7. The number of ether oxygens (including phenoxy) is 1. The molecule has 0 radical (unpaired) electrons. The van der Waals surface area contributed by atoms with Gasteiger partial charge in [-0.1, -0.05) is 23.7 Å². The number of nitrogens with two attached hydrogens (primary N) is 1. The number of nitrogens with zero attached hydrogens (tertiary/aromatic N) is 1. The molecule has 1 amide bonds. The van der Waals surface area contributed by atoms with Gasteiger partial charge in [0.1, 0.15) is 9.71 Å². The summed E-state index contributed by atoms with van der Waals surface area (Å²) in [7, 11) is 1.31. The largest absolute Gasteiger partial charge is 0.465 e. The van der Waals surface area contributed by atoms with Crippen LogP contribution in [0.15, 0.2) is 60.7 Å². The van der Waals surface area contributed by atoms with Crippen molar-refractivity contribution in [3.8, 4) is 11.3 Å². The molecule has 2 aromatic carbocycles. The summed E-state index contributed by atoms with van der Waals surface area (Å²) in [6, 6.07) is 17.5. The summed E-state index contributed by atoms with van der Waals surface area (Å²) in [4.78, 5) is 30.0. The van der Waals surface area contributed by atoms with Crippen LogP contribution in [0.5, 0.6) is 0 Å². The van der Waals surface area contributed by atoms with Crippen molar-refractivity contribution in [2.75, 3.05) is 18.2 Å². The smallest absolute Gasteiger partial charge is 0.337 e. The number of halogens is 1. The number of aromatic nitrogens is 1. The molecule has 0 unspecified atom stereocenters. The third-order valence-electron chi connectivity index (χ3n) is 4.50. The Bertz CT molecular complexity index is 1250. The van der Waals surface area contributed by atoms with E-state index in [0.717, 1.165) is 16.6 Å². The Hall–Kier alpha value is -3.42. The van der Waals surface area contributed by atoms with Gasteiger partial charge in [0.15, 0.2) is 0 Å². The van der Waals surface area contributed by atoms with Gasteiger partial charge in [-0.15, -0.1) is 11.3 Å². The Morgan fingerprint density at radius 2 is 1.73 bits per heavy atom. The lowest BCUT2D eigenvalue weighted by Gasteiger charge is -2.05. The third-order valence-corrected chi connectivity index (χ3v) is 5.87. The fourth-order valence-electron chi connectivity index (χ4n) is 2.94. The van der Waals surface area contributed by atoms with Gasteiger partial charge in [-0.25, -0.2) is 9.78 Å². The average molecular weight is 438 g/mol. The molecule has 3 N–H and O–H groups in total. The van der Waals surface area contributed by atoms with Gasteiger partial charge in [-0.05, 0) is 48.5 Å². The minimum absolute atomic E-state index is 0.339. The first-order valence-electron chi connectivity index (χ1n) is 8.91. The van der Waals surface area contributed by atoms with Crippen LogP contribution in [0.3, 0.4) is 0 Å². The highest BCUT2D eigenvalue weighted by Crippen LogP contribution is 2.34. The number of rotatable bonds is 4. The van der Waals surface area contributed by atoms with Gasteiger partial charge in [0.05, 0.1) is 24.1 Å². The predicted molar refractivity (Wildman–Crippen MR) is 120 cm³/mol. The molecule has 0 spiro atoms. The number of amides is 1. The first-order chi connectivity index (χ1) is 14.5. The first kappa shape index (κ1) is 19.9. The van der Waals surface area contributed by atoms with Crippen molar-refractivity contribution < 1.29 is 14.3 Å². The number of benzene rings is 2. The molecular weight excluding hydrogens is 422 g/mol. The molecule has 0 atom stereocenters. The maximum Gasteiger partial charge on any atom is 0.337 e. The number of anilines is 2. The molecule has 8 heteroatoms. The Labute approximate surface area is 181 Å². The van der Waals surface area contributed by atoms with Gasteiger partial charge in [0.25, 0.3) is 5.91 Å². The van der Waals surface area contributed by atoms with Gasteiger partial charge < -0.3 is 15.8 Å². The predicted octanol–water partition coefficient (Wildman–Crippen LogP) is 5.24. The van der Waals surface area contributed by atoms with E-state index in [4.69, 9.17) is 17.3 Å². The van der Waals surface area contributed by atoms with E-state index >= 15 is 0 Å². The van der Waals surface area contributed by atoms with Crippen LogP contribution in [-0.4, -0.2) is 24.0 Å². The van der Waals surface area contributed by atoms with Gasteiger partial charge in [0.2, 0.25) is 0 Å². The van der Waals surface area contributed by atoms with Crippen LogP contribution < -0.4 is 11.1 Å². The van der Waals surface area contributed by atoms with Gasteiger partial charge in [0, 0.05) is 21.7 Å². The fraction of sp³-hybridized carbons (Fsp3) is 0.0455. The maximum absolute atomic E-state index is 12.8. The number of nitrogen functional groups attached to an aromatic ring is 1. The molecule has 30 heavy (non-hydrogen) atoms. The van der Waals surface area contributed by atoms with Crippen molar-refractivity contribution in [3.63, 3.8) is 0 Å². The topological polar surface area (TPSA) is 94.3 Å². The van der Waals surface area contributed by atoms with Gasteiger partial charge >= 0.3 is 5.97 Å². The Morgan fingerprint density at radius 1 is 1.03 bits per heavy atom. The monoisotopic (exact) mass is 437 g/mol. The van der Waals surface area contributed by atoms with Crippen LogP contribution in [0, 0.1) is 0 Å². The number of pyridine rings is 1. The second-order valence-corrected chi connectivity index (χ2v) is 7.86. The van der Waals surface area contributed by atoms with E-state index in [9.17, 15) is 9.59 Å². The number of carbonyl (C=O) groups excluding carboxylic acids is 2. The van der Waals surface area contributed by atoms with Crippen molar-refractivity contribution in [1.82, 2.24) is 4.98 Å². The molecule has 0 aliphatic carbocycles. The standard InChI is InChI=1S/C22H16ClN3O3S/c1-29-22(28)13-4-8-15(9-5-13)25-20(27)19-18(24)16-10-11-17(26-21(16)30-19)12-2-6-14(23)7-3-12/h2-11H,24H2,1H3,(H,25,27). The van der Waals surface area contributed by atoms with Crippen molar-refractivity contribution in [2.24, 2.45) is 0 Å². The highest BCUT2D eigenvalue weighted by Gasteiger charge is 2.18. The van der Waals surface area contributed by atoms with E-state index in [0.29, 0.717) is 31.7 Å². The molecule has 2 aromatic heterocycles. The van der Waals surface area contributed by atoms with Crippen LogP contribution in [0.4, 0.5) is 11.4 Å². The summed E-state index contributed by atoms with van der Waals surface area (Å²) in [6.45, 7) is 0. The molecule has 0 saturated heterocycles. The van der Waals surface area contributed by atoms with Gasteiger partial charge in [-0.2, -0.15) is 0 Å². The van der Waals surface area contributed by atoms with E-state index in [1.165, 1.54) is 18.4 Å². The molecule has 0 fully saturated rings. The lowest BCUT2D eigenvalue weighted by atomic mass is 10.1. The number of carbonyl (C=O) groups is 2. The summed E-state index contributed by atoms with van der Waals surface area (Å²) in [6.07, 6.45) is 0. The molecule has 0 bridgehead atoms. The number of nitrogens with one attached hydrogen (secondary N) is 1. The SMILES string of the molecule is COC(=O)c1ccc(NC(=O)c2sc3nc(-c4ccc(Cl)cc4)ccc3c2N)cc1. The minimum atomic E-state index is -0.441. The number of fused-ring (bicyclic) bond motifs is 1. The van der Waals surface area contributed by atoms with Crippen molar-refractivity contribution in [2.45, 2.75) is 0 Å². The third kappa shape index (κ3) is 3.85. The summed E-state index contributed by atoms with van der Waals surface area (Å²) in [5.41, 5.74) is 9.23. The van der Waals surface area contributed by atoms with Crippen LogP contribution in [0.25, 0.3) is 21.5 Å². The number of thiophene rings is 1. The summed E-state index contributed by atoms with van der Waals surface area (Å²) >= 11 is 7.18. The molecular formula is C22H16ClN3O3S. The zero-order valence-electron chi connectivity index (χ0n) is 15.8. The maximum atomic E-state index is 12.8. The van der Waals surface area contributed by atoms with Crippen LogP contribution in [0.1, 0.15) is 20.0 Å². The van der Waals surface area contributed by atoms with Crippen LogP contribution in [-0.2, 0) is 4.74 Å². The Kier molecular flexibility index (Phi) is 5.39. The molecule has 6 nitrogen and oxygen atoms in total. The quantitative estimate of drug-likeness (QED) is 0.426. The first-order valence-corrected chi connectivity index (χ1v) is 10.1. The number of hydrogen-bond donors (Lipinski definition) is 2. The molecule has 4 aromatic rings. The van der Waals surface area contributed by atoms with Crippen molar-refractivity contribution >= 4 is 56.4 Å². The zero-order valence-corrected chi connectivity index (χ0v) is 17.4. The summed E-state index contributed by atoms with van der Waals surface area (Å²) < 4.78 is 4.67. The average Bonchev–Trinajstić information content (AvgIpc) is 3.10. The van der Waals surface area contributed by atoms with Gasteiger partial charge in [-0.3, -0.25) is 4.79 Å². The number of methoxy groups -OCH3 is 1. The summed E-state index contributed by atoms with van der Waals surface area (Å²) in [5, 5.41) is 4.17. The van der Waals surface area contributed by atoms with E-state index in [1.807, 2.05) is 24.3 Å². The molecule has 0 saturated carbocycles. The van der Waals surface area contributed by atoms with E-state index in [1.54, 1.807) is 36.4 Å². The Balaban J connectivity index is 1.60. The molecule has 150 valence electrons.